The van der Waals surface area contributed by atoms with Gasteiger partial charge < -0.3 is 20.1 Å². The minimum atomic E-state index is 0. The number of halogens is 1. The van der Waals surface area contributed by atoms with E-state index >= 15 is 0 Å². The minimum absolute atomic E-state index is 0. The van der Waals surface area contributed by atoms with Crippen LogP contribution in [0.25, 0.3) is 0 Å². The van der Waals surface area contributed by atoms with Gasteiger partial charge in [-0.25, -0.2) is 9.98 Å². The lowest BCUT2D eigenvalue weighted by Crippen LogP contribution is -2.56. The number of aliphatic imine (C=N–C) groups is 1. The van der Waals surface area contributed by atoms with Gasteiger partial charge >= 0.3 is 0 Å². The molecule has 7 nitrogen and oxygen atoms in total. The lowest BCUT2D eigenvalue weighted by molar-refractivity contribution is -0.00834. The molecule has 0 bridgehead atoms. The zero-order chi connectivity index (χ0) is 20.5. The largest absolute Gasteiger partial charge is 0.474 e. The third kappa shape index (κ3) is 7.53. The molecule has 1 aliphatic carbocycles. The fourth-order valence-corrected chi connectivity index (χ4v) is 3.90. The monoisotopic (exact) mass is 531 g/mol. The van der Waals surface area contributed by atoms with E-state index in [2.05, 4.69) is 47.4 Å². The van der Waals surface area contributed by atoms with Crippen LogP contribution in [0.5, 0.6) is 5.88 Å². The molecule has 2 heterocycles. The molecule has 0 aromatic carbocycles. The van der Waals surface area contributed by atoms with Crippen molar-refractivity contribution in [3.05, 3.63) is 23.9 Å². The van der Waals surface area contributed by atoms with Crippen LogP contribution in [0.3, 0.4) is 0 Å². The zero-order valence-electron chi connectivity index (χ0n) is 18.7. The molecule has 2 N–H and O–H groups in total. The van der Waals surface area contributed by atoms with Gasteiger partial charge in [0, 0.05) is 43.5 Å². The number of nitrogens with zero attached hydrogens (tertiary/aromatic N) is 3. The second-order valence-electron chi connectivity index (χ2n) is 8.45. The number of hydrogen-bond acceptors (Lipinski definition) is 5. The van der Waals surface area contributed by atoms with Crippen LogP contribution < -0.4 is 15.4 Å². The molecule has 1 saturated carbocycles. The average molecular weight is 531 g/mol. The SMILES string of the molecule is CCNC(=NCc1cccnc1OC1CCCC1)NCC(C)(C)N1CCOCC1.I. The summed E-state index contributed by atoms with van der Waals surface area (Å²) in [6.45, 7) is 12.4. The Morgan fingerprint density at radius 3 is 2.70 bits per heavy atom. The predicted octanol–water partition coefficient (Wildman–Crippen LogP) is 3.19. The van der Waals surface area contributed by atoms with Gasteiger partial charge in [0.15, 0.2) is 5.96 Å². The molecule has 2 aliphatic rings. The van der Waals surface area contributed by atoms with Gasteiger partial charge in [0.1, 0.15) is 6.10 Å². The highest BCUT2D eigenvalue weighted by Crippen LogP contribution is 2.25. The first-order chi connectivity index (χ1) is 14.1. The molecule has 1 aromatic heterocycles. The van der Waals surface area contributed by atoms with Crippen molar-refractivity contribution in [1.82, 2.24) is 20.5 Å². The zero-order valence-corrected chi connectivity index (χ0v) is 21.0. The van der Waals surface area contributed by atoms with Crippen molar-refractivity contribution >= 4 is 29.9 Å². The molecule has 0 unspecified atom stereocenters. The molecule has 8 heteroatoms. The maximum absolute atomic E-state index is 6.15. The third-order valence-corrected chi connectivity index (χ3v) is 5.74. The summed E-state index contributed by atoms with van der Waals surface area (Å²) in [6, 6.07) is 4.01. The number of nitrogens with one attached hydrogen (secondary N) is 2. The highest BCUT2D eigenvalue weighted by Gasteiger charge is 2.28. The molecule has 1 aliphatic heterocycles. The summed E-state index contributed by atoms with van der Waals surface area (Å²) in [5, 5.41) is 6.87. The van der Waals surface area contributed by atoms with E-state index in [-0.39, 0.29) is 29.5 Å². The average Bonchev–Trinajstić information content (AvgIpc) is 3.25. The topological polar surface area (TPSA) is 71.0 Å². The Kier molecular flexibility index (Phi) is 10.6. The van der Waals surface area contributed by atoms with Crippen LogP contribution in [0, 0.1) is 0 Å². The fourth-order valence-electron chi connectivity index (χ4n) is 3.90. The van der Waals surface area contributed by atoms with Crippen LogP contribution in [-0.2, 0) is 11.3 Å². The van der Waals surface area contributed by atoms with E-state index in [1.807, 2.05) is 6.07 Å². The van der Waals surface area contributed by atoms with Gasteiger partial charge in [-0.2, -0.15) is 0 Å². The Morgan fingerprint density at radius 1 is 1.27 bits per heavy atom. The van der Waals surface area contributed by atoms with E-state index in [0.29, 0.717) is 12.6 Å². The van der Waals surface area contributed by atoms with Gasteiger partial charge in [-0.05, 0) is 52.5 Å². The second kappa shape index (κ2) is 12.7. The first-order valence-electron chi connectivity index (χ1n) is 11.0. The molecule has 170 valence electrons. The molecular formula is C22H38IN5O2. The van der Waals surface area contributed by atoms with E-state index in [4.69, 9.17) is 14.5 Å². The Morgan fingerprint density at radius 2 is 2.00 bits per heavy atom. The maximum Gasteiger partial charge on any atom is 0.218 e. The molecule has 30 heavy (non-hydrogen) atoms. The van der Waals surface area contributed by atoms with Gasteiger partial charge in [0.25, 0.3) is 0 Å². The maximum atomic E-state index is 6.15. The number of ether oxygens (including phenoxy) is 2. The molecular weight excluding hydrogens is 493 g/mol. The van der Waals surface area contributed by atoms with Crippen LogP contribution in [0.15, 0.2) is 23.3 Å². The lowest BCUT2D eigenvalue weighted by atomic mass is 10.0. The van der Waals surface area contributed by atoms with Crippen molar-refractivity contribution in [1.29, 1.82) is 0 Å². The minimum Gasteiger partial charge on any atom is -0.474 e. The molecule has 1 aromatic rings. The fraction of sp³-hybridized carbons (Fsp3) is 0.727. The van der Waals surface area contributed by atoms with Gasteiger partial charge in [0.05, 0.1) is 19.8 Å². The van der Waals surface area contributed by atoms with Crippen molar-refractivity contribution in [3.8, 4) is 5.88 Å². The summed E-state index contributed by atoms with van der Waals surface area (Å²) in [4.78, 5) is 11.7. The lowest BCUT2D eigenvalue weighted by Gasteiger charge is -2.41. The van der Waals surface area contributed by atoms with Crippen molar-refractivity contribution in [2.75, 3.05) is 39.4 Å². The standard InChI is InChI=1S/C22H37N5O2.HI/c1-4-23-21(26-17-22(2,3)27-12-14-28-15-13-27)25-16-18-8-7-11-24-20(18)29-19-9-5-6-10-19;/h7-8,11,19H,4-6,9-10,12-17H2,1-3H3,(H2,23,25,26);1H. The van der Waals surface area contributed by atoms with Crippen LogP contribution in [0.1, 0.15) is 52.0 Å². The van der Waals surface area contributed by atoms with E-state index in [1.54, 1.807) is 6.20 Å². The van der Waals surface area contributed by atoms with Crippen LogP contribution in [0.2, 0.25) is 0 Å². The summed E-state index contributed by atoms with van der Waals surface area (Å²) < 4.78 is 11.6. The summed E-state index contributed by atoms with van der Waals surface area (Å²) in [5.74, 6) is 1.55. The third-order valence-electron chi connectivity index (χ3n) is 5.74. The first kappa shape index (κ1) is 25.1. The molecule has 3 rings (SSSR count). The molecule has 1 saturated heterocycles. The number of aromatic nitrogens is 1. The van der Waals surface area contributed by atoms with E-state index in [0.717, 1.165) is 69.6 Å². The van der Waals surface area contributed by atoms with E-state index < -0.39 is 0 Å². The predicted molar refractivity (Wildman–Crippen MR) is 132 cm³/mol. The van der Waals surface area contributed by atoms with Crippen LogP contribution >= 0.6 is 24.0 Å². The Labute approximate surface area is 198 Å². The molecule has 0 spiro atoms. The van der Waals surface area contributed by atoms with Crippen molar-refractivity contribution in [2.45, 2.75) is 64.6 Å². The second-order valence-corrected chi connectivity index (χ2v) is 8.45. The summed E-state index contributed by atoms with van der Waals surface area (Å²) in [5.41, 5.74) is 1.06. The highest BCUT2D eigenvalue weighted by atomic mass is 127. The van der Waals surface area contributed by atoms with Gasteiger partial charge in [-0.3, -0.25) is 4.90 Å². The molecule has 0 amide bonds. The van der Waals surface area contributed by atoms with Crippen LogP contribution in [0.4, 0.5) is 0 Å². The Balaban J connectivity index is 0.00000320. The van der Waals surface area contributed by atoms with Gasteiger partial charge in [0.2, 0.25) is 5.88 Å². The smallest absolute Gasteiger partial charge is 0.218 e. The van der Waals surface area contributed by atoms with Crippen molar-refractivity contribution in [2.24, 2.45) is 4.99 Å². The van der Waals surface area contributed by atoms with Crippen molar-refractivity contribution < 1.29 is 9.47 Å². The Bertz CT molecular complexity index is 659. The Hall–Kier alpha value is -1.13. The summed E-state index contributed by atoms with van der Waals surface area (Å²) >= 11 is 0. The van der Waals surface area contributed by atoms with E-state index in [9.17, 15) is 0 Å². The van der Waals surface area contributed by atoms with Gasteiger partial charge in [-0.15, -0.1) is 24.0 Å². The number of guanidine groups is 1. The first-order valence-corrected chi connectivity index (χ1v) is 11.0. The number of hydrogen-bond donors (Lipinski definition) is 2. The highest BCUT2D eigenvalue weighted by molar-refractivity contribution is 14.0. The normalized spacial score (nSPS) is 18.7. The summed E-state index contributed by atoms with van der Waals surface area (Å²) in [7, 11) is 0. The van der Waals surface area contributed by atoms with Crippen molar-refractivity contribution in [3.63, 3.8) is 0 Å². The summed E-state index contributed by atoms with van der Waals surface area (Å²) in [6.07, 6.45) is 6.84. The van der Waals surface area contributed by atoms with Gasteiger partial charge in [-0.1, -0.05) is 6.07 Å². The van der Waals surface area contributed by atoms with Crippen LogP contribution in [-0.4, -0.2) is 66.9 Å². The number of pyridine rings is 1. The number of rotatable bonds is 8. The quantitative estimate of drug-likeness (QED) is 0.305. The molecule has 0 atom stereocenters. The number of morpholine rings is 1. The molecule has 0 radical (unpaired) electrons. The molecule has 2 fully saturated rings. The van der Waals surface area contributed by atoms with E-state index in [1.165, 1.54) is 12.8 Å².